The van der Waals surface area contributed by atoms with E-state index < -0.39 is 0 Å². The Morgan fingerprint density at radius 1 is 1.50 bits per heavy atom. The fraction of sp³-hybridized carbons (Fsp3) is 0.538. The molecule has 16 heavy (non-hydrogen) atoms. The van der Waals surface area contributed by atoms with E-state index in [0.29, 0.717) is 17.9 Å². The lowest BCUT2D eigenvalue weighted by molar-refractivity contribution is 0.554. The van der Waals surface area contributed by atoms with E-state index in [1.807, 2.05) is 0 Å². The van der Waals surface area contributed by atoms with E-state index >= 15 is 0 Å². The Morgan fingerprint density at radius 2 is 2.25 bits per heavy atom. The van der Waals surface area contributed by atoms with E-state index in [1.54, 1.807) is 12.1 Å². The van der Waals surface area contributed by atoms with E-state index in [1.165, 1.54) is 12.5 Å². The molecule has 0 amide bonds. The summed E-state index contributed by atoms with van der Waals surface area (Å²) >= 11 is 3.49. The van der Waals surface area contributed by atoms with E-state index in [9.17, 15) is 4.39 Å². The van der Waals surface area contributed by atoms with Gasteiger partial charge in [0, 0.05) is 10.5 Å². The SMILES string of the molecule is CC(C)NCC1CC1c1cc(F)ccc1Br. The topological polar surface area (TPSA) is 12.0 Å². The van der Waals surface area contributed by atoms with Gasteiger partial charge in [-0.15, -0.1) is 0 Å². The van der Waals surface area contributed by atoms with Crippen LogP contribution in [0.5, 0.6) is 0 Å². The molecule has 1 aliphatic carbocycles. The van der Waals surface area contributed by atoms with E-state index in [4.69, 9.17) is 0 Å². The quantitative estimate of drug-likeness (QED) is 0.890. The first-order valence-corrected chi connectivity index (χ1v) is 6.55. The summed E-state index contributed by atoms with van der Waals surface area (Å²) in [6, 6.07) is 5.48. The summed E-state index contributed by atoms with van der Waals surface area (Å²) in [5.74, 6) is 1.05. The highest BCUT2D eigenvalue weighted by molar-refractivity contribution is 9.10. The predicted octanol–water partition coefficient (Wildman–Crippen LogP) is 3.69. The second-order valence-corrected chi connectivity index (χ2v) is 5.69. The van der Waals surface area contributed by atoms with Crippen LogP contribution in [0.15, 0.2) is 22.7 Å². The molecule has 0 aliphatic heterocycles. The fourth-order valence-electron chi connectivity index (χ4n) is 2.04. The van der Waals surface area contributed by atoms with Crippen molar-refractivity contribution in [2.45, 2.75) is 32.2 Å². The first-order chi connectivity index (χ1) is 7.58. The Morgan fingerprint density at radius 3 is 2.94 bits per heavy atom. The van der Waals surface area contributed by atoms with Crippen molar-refractivity contribution in [1.29, 1.82) is 0 Å². The summed E-state index contributed by atoms with van der Waals surface area (Å²) < 4.78 is 14.2. The molecule has 0 heterocycles. The van der Waals surface area contributed by atoms with E-state index in [0.717, 1.165) is 16.6 Å². The minimum absolute atomic E-state index is 0.138. The van der Waals surface area contributed by atoms with Crippen LogP contribution in [0.25, 0.3) is 0 Å². The van der Waals surface area contributed by atoms with Crippen molar-refractivity contribution in [3.8, 4) is 0 Å². The van der Waals surface area contributed by atoms with Crippen molar-refractivity contribution in [3.63, 3.8) is 0 Å². The summed E-state index contributed by atoms with van der Waals surface area (Å²) in [5.41, 5.74) is 1.12. The van der Waals surface area contributed by atoms with Gasteiger partial charge in [0.05, 0.1) is 0 Å². The first kappa shape index (κ1) is 12.1. The molecule has 0 radical (unpaired) electrons. The van der Waals surface area contributed by atoms with Crippen LogP contribution in [-0.4, -0.2) is 12.6 Å². The van der Waals surface area contributed by atoms with Crippen LogP contribution in [0.1, 0.15) is 31.7 Å². The van der Waals surface area contributed by atoms with Crippen LogP contribution < -0.4 is 5.32 Å². The van der Waals surface area contributed by atoms with Crippen LogP contribution in [0.4, 0.5) is 4.39 Å². The Kier molecular flexibility index (Phi) is 3.65. The molecule has 2 rings (SSSR count). The van der Waals surface area contributed by atoms with Gasteiger partial charge in [0.2, 0.25) is 0 Å². The molecule has 88 valence electrons. The third kappa shape index (κ3) is 2.83. The number of rotatable bonds is 4. The zero-order chi connectivity index (χ0) is 11.7. The van der Waals surface area contributed by atoms with Crippen LogP contribution in [0.3, 0.4) is 0 Å². The van der Waals surface area contributed by atoms with Crippen molar-refractivity contribution in [2.75, 3.05) is 6.54 Å². The van der Waals surface area contributed by atoms with Gasteiger partial charge in [0.1, 0.15) is 5.82 Å². The molecule has 1 aromatic carbocycles. The highest BCUT2D eigenvalue weighted by Crippen LogP contribution is 2.49. The molecule has 0 saturated heterocycles. The number of benzene rings is 1. The first-order valence-electron chi connectivity index (χ1n) is 5.76. The Hall–Kier alpha value is -0.410. The average Bonchev–Trinajstić information content (AvgIpc) is 2.98. The molecule has 1 N–H and O–H groups in total. The third-order valence-electron chi connectivity index (χ3n) is 3.07. The third-order valence-corrected chi connectivity index (χ3v) is 3.79. The van der Waals surface area contributed by atoms with Crippen molar-refractivity contribution in [3.05, 3.63) is 34.1 Å². The van der Waals surface area contributed by atoms with Crippen molar-refractivity contribution < 1.29 is 4.39 Å². The lowest BCUT2D eigenvalue weighted by atomic mass is 10.1. The van der Waals surface area contributed by atoms with Crippen molar-refractivity contribution >= 4 is 15.9 Å². The highest BCUT2D eigenvalue weighted by Gasteiger charge is 2.39. The molecular weight excluding hydrogens is 269 g/mol. The summed E-state index contributed by atoms with van der Waals surface area (Å²) in [5, 5.41) is 3.43. The standard InChI is InChI=1S/C13H17BrFN/c1-8(2)16-7-9-5-11(9)12-6-10(15)3-4-13(12)14/h3-4,6,8-9,11,16H,5,7H2,1-2H3. The maximum atomic E-state index is 13.1. The average molecular weight is 286 g/mol. The molecule has 2 unspecified atom stereocenters. The summed E-state index contributed by atoms with van der Waals surface area (Å²) in [7, 11) is 0. The molecule has 2 atom stereocenters. The van der Waals surface area contributed by atoms with Gasteiger partial charge in [-0.25, -0.2) is 4.39 Å². The fourth-order valence-corrected chi connectivity index (χ4v) is 2.58. The Bertz CT molecular complexity index is 378. The molecule has 1 nitrogen and oxygen atoms in total. The normalized spacial score (nSPS) is 23.8. The van der Waals surface area contributed by atoms with Crippen molar-refractivity contribution in [1.82, 2.24) is 5.32 Å². The zero-order valence-electron chi connectivity index (χ0n) is 9.63. The minimum atomic E-state index is -0.138. The molecule has 3 heteroatoms. The lowest BCUT2D eigenvalue weighted by Crippen LogP contribution is -2.25. The lowest BCUT2D eigenvalue weighted by Gasteiger charge is -2.08. The van der Waals surface area contributed by atoms with Gasteiger partial charge in [0.15, 0.2) is 0 Å². The number of halogens is 2. The predicted molar refractivity (Wildman–Crippen MR) is 68.1 cm³/mol. The van der Waals surface area contributed by atoms with Crippen LogP contribution >= 0.6 is 15.9 Å². The molecule has 0 bridgehead atoms. The zero-order valence-corrected chi connectivity index (χ0v) is 11.2. The molecular formula is C13H17BrFN. The van der Waals surface area contributed by atoms with Gasteiger partial charge in [-0.3, -0.25) is 0 Å². The van der Waals surface area contributed by atoms with Gasteiger partial charge < -0.3 is 5.32 Å². The highest BCUT2D eigenvalue weighted by atomic mass is 79.9. The van der Waals surface area contributed by atoms with Crippen LogP contribution in [0, 0.1) is 11.7 Å². The number of hydrogen-bond donors (Lipinski definition) is 1. The second kappa shape index (κ2) is 4.84. The van der Waals surface area contributed by atoms with Gasteiger partial charge in [0.25, 0.3) is 0 Å². The van der Waals surface area contributed by atoms with Crippen molar-refractivity contribution in [2.24, 2.45) is 5.92 Å². The van der Waals surface area contributed by atoms with Gasteiger partial charge >= 0.3 is 0 Å². The van der Waals surface area contributed by atoms with E-state index in [2.05, 4.69) is 35.1 Å². The van der Waals surface area contributed by atoms with Crippen LogP contribution in [0.2, 0.25) is 0 Å². The molecule has 1 aromatic rings. The smallest absolute Gasteiger partial charge is 0.123 e. The monoisotopic (exact) mass is 285 g/mol. The number of nitrogens with one attached hydrogen (secondary N) is 1. The summed E-state index contributed by atoms with van der Waals surface area (Å²) in [6.07, 6.45) is 1.17. The number of hydrogen-bond acceptors (Lipinski definition) is 1. The summed E-state index contributed by atoms with van der Waals surface area (Å²) in [6.45, 7) is 5.33. The molecule has 1 fully saturated rings. The van der Waals surface area contributed by atoms with Crippen LogP contribution in [-0.2, 0) is 0 Å². The Labute approximate surface area is 105 Å². The summed E-state index contributed by atoms with van der Waals surface area (Å²) in [4.78, 5) is 0. The van der Waals surface area contributed by atoms with Gasteiger partial charge in [-0.05, 0) is 48.6 Å². The molecule has 1 saturated carbocycles. The Balaban J connectivity index is 1.97. The molecule has 0 spiro atoms. The minimum Gasteiger partial charge on any atom is -0.314 e. The largest absolute Gasteiger partial charge is 0.314 e. The van der Waals surface area contributed by atoms with E-state index in [-0.39, 0.29) is 5.82 Å². The molecule has 1 aliphatic rings. The molecule has 0 aromatic heterocycles. The maximum Gasteiger partial charge on any atom is 0.123 e. The van der Waals surface area contributed by atoms with Gasteiger partial charge in [-0.2, -0.15) is 0 Å². The van der Waals surface area contributed by atoms with Gasteiger partial charge in [-0.1, -0.05) is 29.8 Å². The maximum absolute atomic E-state index is 13.1. The second-order valence-electron chi connectivity index (χ2n) is 4.83.